The van der Waals surface area contributed by atoms with Gasteiger partial charge in [-0.2, -0.15) is 0 Å². The molecule has 1 aliphatic heterocycles. The van der Waals surface area contributed by atoms with Crippen LogP contribution in [-0.2, 0) is 11.2 Å². The van der Waals surface area contributed by atoms with Gasteiger partial charge in [0.25, 0.3) is 5.91 Å². The van der Waals surface area contributed by atoms with Crippen LogP contribution in [0.4, 0.5) is 0 Å². The van der Waals surface area contributed by atoms with E-state index in [0.717, 1.165) is 35.3 Å². The van der Waals surface area contributed by atoms with Gasteiger partial charge in [-0.25, -0.2) is 0 Å². The van der Waals surface area contributed by atoms with Crippen molar-refractivity contribution in [2.45, 2.75) is 19.3 Å². The van der Waals surface area contributed by atoms with Crippen LogP contribution in [0.1, 0.15) is 27.4 Å². The first-order valence-electron chi connectivity index (χ1n) is 9.94. The molecule has 1 N–H and O–H groups in total. The van der Waals surface area contributed by atoms with E-state index in [9.17, 15) is 9.59 Å². The maximum Gasteiger partial charge on any atom is 0.264 e. The van der Waals surface area contributed by atoms with E-state index in [1.807, 2.05) is 52.7 Å². The SMILES string of the molecule is O=C(NCCc1cccs1)C1CCN(C(=O)c2sccc2-c2ccccc2)CC1. The first-order valence-corrected chi connectivity index (χ1v) is 11.7. The maximum absolute atomic E-state index is 13.1. The second-order valence-electron chi connectivity index (χ2n) is 7.22. The van der Waals surface area contributed by atoms with E-state index in [1.165, 1.54) is 16.2 Å². The largest absolute Gasteiger partial charge is 0.355 e. The lowest BCUT2D eigenvalue weighted by Gasteiger charge is -2.31. The van der Waals surface area contributed by atoms with Crippen LogP contribution in [-0.4, -0.2) is 36.3 Å². The van der Waals surface area contributed by atoms with Gasteiger partial charge in [-0.15, -0.1) is 22.7 Å². The van der Waals surface area contributed by atoms with Gasteiger partial charge in [0.15, 0.2) is 0 Å². The lowest BCUT2D eigenvalue weighted by molar-refractivity contribution is -0.126. The van der Waals surface area contributed by atoms with Gasteiger partial charge in [0.05, 0.1) is 4.88 Å². The molecule has 2 amide bonds. The molecule has 1 fully saturated rings. The third-order valence-electron chi connectivity index (χ3n) is 5.35. The van der Waals surface area contributed by atoms with Gasteiger partial charge in [-0.05, 0) is 47.7 Å². The Morgan fingerprint density at radius 1 is 0.966 bits per heavy atom. The van der Waals surface area contributed by atoms with Gasteiger partial charge in [0, 0.05) is 36.0 Å². The minimum absolute atomic E-state index is 0.000634. The predicted octanol–water partition coefficient (Wildman–Crippen LogP) is 4.69. The van der Waals surface area contributed by atoms with Crippen molar-refractivity contribution in [2.75, 3.05) is 19.6 Å². The number of nitrogens with zero attached hydrogens (tertiary/aromatic N) is 1. The monoisotopic (exact) mass is 424 g/mol. The molecule has 1 saturated heterocycles. The Morgan fingerprint density at radius 2 is 1.76 bits per heavy atom. The quantitative estimate of drug-likeness (QED) is 0.624. The van der Waals surface area contributed by atoms with E-state index in [4.69, 9.17) is 0 Å². The Bertz CT molecular complexity index is 942. The van der Waals surface area contributed by atoms with Crippen molar-refractivity contribution >= 4 is 34.5 Å². The smallest absolute Gasteiger partial charge is 0.264 e. The fraction of sp³-hybridized carbons (Fsp3) is 0.304. The van der Waals surface area contributed by atoms with Gasteiger partial charge >= 0.3 is 0 Å². The summed E-state index contributed by atoms with van der Waals surface area (Å²) < 4.78 is 0. The summed E-state index contributed by atoms with van der Waals surface area (Å²) in [4.78, 5) is 29.5. The molecule has 6 heteroatoms. The average molecular weight is 425 g/mol. The lowest BCUT2D eigenvalue weighted by atomic mass is 9.95. The van der Waals surface area contributed by atoms with E-state index in [2.05, 4.69) is 16.8 Å². The van der Waals surface area contributed by atoms with Crippen LogP contribution in [0, 0.1) is 5.92 Å². The number of nitrogens with one attached hydrogen (secondary N) is 1. The molecule has 0 aliphatic carbocycles. The van der Waals surface area contributed by atoms with Crippen molar-refractivity contribution in [3.63, 3.8) is 0 Å². The molecule has 3 heterocycles. The molecule has 0 unspecified atom stereocenters. The summed E-state index contributed by atoms with van der Waals surface area (Å²) in [6.45, 7) is 1.94. The van der Waals surface area contributed by atoms with Crippen molar-refractivity contribution in [1.29, 1.82) is 0 Å². The number of rotatable bonds is 6. The van der Waals surface area contributed by atoms with Crippen LogP contribution in [0.25, 0.3) is 11.1 Å². The van der Waals surface area contributed by atoms with Crippen LogP contribution >= 0.6 is 22.7 Å². The standard InChI is InChI=1S/C23H24N2O2S2/c26-22(24-12-8-19-7-4-15-28-19)18-9-13-25(14-10-18)23(27)21-20(11-16-29-21)17-5-2-1-3-6-17/h1-7,11,15-16,18H,8-10,12-14H2,(H,24,26). The molecular formula is C23H24N2O2S2. The fourth-order valence-electron chi connectivity index (χ4n) is 3.72. The Morgan fingerprint density at radius 3 is 2.48 bits per heavy atom. The third kappa shape index (κ3) is 4.77. The molecular weight excluding hydrogens is 400 g/mol. The third-order valence-corrected chi connectivity index (χ3v) is 7.19. The lowest BCUT2D eigenvalue weighted by Crippen LogP contribution is -2.43. The van der Waals surface area contributed by atoms with Gasteiger partial charge in [-0.1, -0.05) is 36.4 Å². The van der Waals surface area contributed by atoms with Gasteiger partial charge in [-0.3, -0.25) is 9.59 Å². The molecule has 2 aromatic heterocycles. The summed E-state index contributed by atoms with van der Waals surface area (Å²) in [7, 11) is 0. The van der Waals surface area contributed by atoms with Crippen molar-refractivity contribution in [1.82, 2.24) is 10.2 Å². The summed E-state index contributed by atoms with van der Waals surface area (Å²) in [6.07, 6.45) is 2.33. The van der Waals surface area contributed by atoms with Crippen molar-refractivity contribution < 1.29 is 9.59 Å². The molecule has 3 aromatic rings. The number of benzene rings is 1. The van der Waals surface area contributed by atoms with Gasteiger partial charge < -0.3 is 10.2 Å². The second-order valence-corrected chi connectivity index (χ2v) is 9.16. The van der Waals surface area contributed by atoms with E-state index in [-0.39, 0.29) is 17.7 Å². The predicted molar refractivity (Wildman–Crippen MR) is 119 cm³/mol. The zero-order chi connectivity index (χ0) is 20.1. The number of hydrogen-bond acceptors (Lipinski definition) is 4. The number of hydrogen-bond donors (Lipinski definition) is 1. The molecule has 29 heavy (non-hydrogen) atoms. The summed E-state index contributed by atoms with van der Waals surface area (Å²) in [5.74, 6) is 0.199. The second kappa shape index (κ2) is 9.37. The average Bonchev–Trinajstić information content (AvgIpc) is 3.46. The number of thiophene rings is 2. The maximum atomic E-state index is 13.1. The normalized spacial score (nSPS) is 14.7. The number of piperidine rings is 1. The highest BCUT2D eigenvalue weighted by molar-refractivity contribution is 7.12. The van der Waals surface area contributed by atoms with Crippen LogP contribution in [0.2, 0.25) is 0 Å². The highest BCUT2D eigenvalue weighted by Gasteiger charge is 2.29. The van der Waals surface area contributed by atoms with Crippen molar-refractivity contribution in [3.05, 3.63) is 69.0 Å². The minimum Gasteiger partial charge on any atom is -0.355 e. The molecule has 0 radical (unpaired) electrons. The van der Waals surface area contributed by atoms with Crippen LogP contribution in [0.3, 0.4) is 0 Å². The van der Waals surface area contributed by atoms with Crippen molar-refractivity contribution in [3.8, 4) is 11.1 Å². The Labute approximate surface area is 179 Å². The molecule has 1 aromatic carbocycles. The summed E-state index contributed by atoms with van der Waals surface area (Å²) in [5, 5.41) is 7.09. The topological polar surface area (TPSA) is 49.4 Å². The molecule has 4 rings (SSSR count). The minimum atomic E-state index is -0.000634. The van der Waals surface area contributed by atoms with Crippen molar-refractivity contribution in [2.24, 2.45) is 5.92 Å². The van der Waals surface area contributed by atoms with E-state index < -0.39 is 0 Å². The molecule has 0 saturated carbocycles. The fourth-order valence-corrected chi connectivity index (χ4v) is 5.31. The Kier molecular flexibility index (Phi) is 6.42. The number of carbonyl (C=O) groups excluding carboxylic acids is 2. The Balaban J connectivity index is 1.30. The molecule has 1 aliphatic rings. The summed E-state index contributed by atoms with van der Waals surface area (Å²) >= 11 is 3.21. The molecule has 4 nitrogen and oxygen atoms in total. The number of carbonyl (C=O) groups is 2. The zero-order valence-electron chi connectivity index (χ0n) is 16.2. The van der Waals surface area contributed by atoms with Crippen LogP contribution in [0.15, 0.2) is 59.3 Å². The zero-order valence-corrected chi connectivity index (χ0v) is 17.8. The highest BCUT2D eigenvalue weighted by atomic mass is 32.1. The first-order chi connectivity index (χ1) is 14.2. The molecule has 0 bridgehead atoms. The molecule has 0 atom stereocenters. The molecule has 0 spiro atoms. The Hall–Kier alpha value is -2.44. The van der Waals surface area contributed by atoms with E-state index in [1.54, 1.807) is 11.3 Å². The molecule has 150 valence electrons. The van der Waals surface area contributed by atoms with Crippen LogP contribution in [0.5, 0.6) is 0 Å². The highest BCUT2D eigenvalue weighted by Crippen LogP contribution is 2.30. The number of likely N-dealkylation sites (tertiary alicyclic amines) is 1. The van der Waals surface area contributed by atoms with E-state index >= 15 is 0 Å². The van der Waals surface area contributed by atoms with Crippen LogP contribution < -0.4 is 5.32 Å². The summed E-state index contributed by atoms with van der Waals surface area (Å²) in [5.41, 5.74) is 2.06. The summed E-state index contributed by atoms with van der Waals surface area (Å²) in [6, 6.07) is 16.2. The van der Waals surface area contributed by atoms with E-state index in [0.29, 0.717) is 19.6 Å². The first kappa shape index (κ1) is 19.9. The van der Waals surface area contributed by atoms with Gasteiger partial charge in [0.2, 0.25) is 5.91 Å². The van der Waals surface area contributed by atoms with Gasteiger partial charge in [0.1, 0.15) is 0 Å². The number of amides is 2.